The molecule has 0 aliphatic carbocycles. The molecule has 1 unspecified atom stereocenters. The van der Waals surface area contributed by atoms with Gasteiger partial charge in [0.1, 0.15) is 4.87 Å². The molecule has 1 nitrogen and oxygen atoms in total. The molecule has 0 N–H and O–H groups in total. The fourth-order valence-electron chi connectivity index (χ4n) is 1.51. The van der Waals surface area contributed by atoms with Crippen LogP contribution in [0.5, 0.6) is 0 Å². The van der Waals surface area contributed by atoms with Crippen molar-refractivity contribution in [3.63, 3.8) is 0 Å². The zero-order valence-electron chi connectivity index (χ0n) is 9.29. The number of halogens is 1. The van der Waals surface area contributed by atoms with E-state index in [1.165, 1.54) is 0 Å². The molecule has 1 rings (SSSR count). The summed E-state index contributed by atoms with van der Waals surface area (Å²) in [5.41, 5.74) is 0.700. The van der Waals surface area contributed by atoms with Gasteiger partial charge in [-0.05, 0) is 13.3 Å². The van der Waals surface area contributed by atoms with Crippen molar-refractivity contribution in [3.8, 4) is 0 Å². The second-order valence-electron chi connectivity index (χ2n) is 4.00. The zero-order valence-corrected chi connectivity index (χ0v) is 10.1. The van der Waals surface area contributed by atoms with E-state index in [1.807, 2.05) is 30.3 Å². The second-order valence-corrected chi connectivity index (χ2v) is 4.83. The third kappa shape index (κ3) is 3.35. The number of carbonyl (C=O) groups is 1. The summed E-state index contributed by atoms with van der Waals surface area (Å²) < 4.78 is 0. The van der Waals surface area contributed by atoms with Crippen LogP contribution in [-0.2, 0) is 0 Å². The lowest BCUT2D eigenvalue weighted by Gasteiger charge is -2.20. The number of benzene rings is 1. The second kappa shape index (κ2) is 5.32. The molecule has 0 aliphatic heterocycles. The van der Waals surface area contributed by atoms with Gasteiger partial charge < -0.3 is 0 Å². The van der Waals surface area contributed by atoms with Gasteiger partial charge in [0.2, 0.25) is 0 Å². The van der Waals surface area contributed by atoms with Crippen molar-refractivity contribution in [2.24, 2.45) is 0 Å². The van der Waals surface area contributed by atoms with Crippen molar-refractivity contribution >= 4 is 17.4 Å². The number of unbranched alkanes of at least 4 members (excludes halogenated alkanes) is 1. The topological polar surface area (TPSA) is 17.1 Å². The lowest BCUT2D eigenvalue weighted by molar-refractivity contribution is 0.0940. The first kappa shape index (κ1) is 12.3. The Kier molecular flexibility index (Phi) is 4.34. The summed E-state index contributed by atoms with van der Waals surface area (Å²) in [5.74, 6) is 0.0261. The standard InChI is InChI=1S/C13H17ClO/c1-3-4-10-13(2,14)12(15)11-8-6-5-7-9-11/h5-9H,3-4,10H2,1-2H3. The monoisotopic (exact) mass is 224 g/mol. The fraction of sp³-hybridized carbons (Fsp3) is 0.462. The van der Waals surface area contributed by atoms with Crippen LogP contribution in [0.2, 0.25) is 0 Å². The molecule has 82 valence electrons. The van der Waals surface area contributed by atoms with E-state index < -0.39 is 4.87 Å². The zero-order chi connectivity index (χ0) is 11.3. The molecule has 0 radical (unpaired) electrons. The maximum Gasteiger partial charge on any atom is 0.183 e. The van der Waals surface area contributed by atoms with Crippen LogP contribution in [0.15, 0.2) is 30.3 Å². The molecule has 0 bridgehead atoms. The van der Waals surface area contributed by atoms with E-state index in [-0.39, 0.29) is 5.78 Å². The molecule has 0 amide bonds. The van der Waals surface area contributed by atoms with Gasteiger partial charge in [-0.3, -0.25) is 4.79 Å². The normalized spacial score (nSPS) is 14.6. The highest BCUT2D eigenvalue weighted by Crippen LogP contribution is 2.26. The lowest BCUT2D eigenvalue weighted by atomic mass is 9.93. The van der Waals surface area contributed by atoms with E-state index in [9.17, 15) is 4.79 Å². The Morgan fingerprint density at radius 1 is 1.33 bits per heavy atom. The van der Waals surface area contributed by atoms with Gasteiger partial charge in [0, 0.05) is 5.56 Å². The van der Waals surface area contributed by atoms with Crippen LogP contribution in [0.4, 0.5) is 0 Å². The third-order valence-electron chi connectivity index (χ3n) is 2.51. The van der Waals surface area contributed by atoms with Crippen LogP contribution < -0.4 is 0 Å². The van der Waals surface area contributed by atoms with E-state index >= 15 is 0 Å². The Hall–Kier alpha value is -0.820. The predicted octanol–water partition coefficient (Wildman–Crippen LogP) is 4.06. The molecule has 0 aromatic heterocycles. The Morgan fingerprint density at radius 2 is 1.93 bits per heavy atom. The molecule has 0 aliphatic rings. The fourth-order valence-corrected chi connectivity index (χ4v) is 1.76. The largest absolute Gasteiger partial charge is 0.292 e. The SMILES string of the molecule is CCCCC(C)(Cl)C(=O)c1ccccc1. The van der Waals surface area contributed by atoms with E-state index in [0.717, 1.165) is 19.3 Å². The van der Waals surface area contributed by atoms with Crippen molar-refractivity contribution in [1.29, 1.82) is 0 Å². The van der Waals surface area contributed by atoms with E-state index in [2.05, 4.69) is 6.92 Å². The van der Waals surface area contributed by atoms with Crippen molar-refractivity contribution in [1.82, 2.24) is 0 Å². The minimum absolute atomic E-state index is 0.0261. The van der Waals surface area contributed by atoms with E-state index in [4.69, 9.17) is 11.6 Å². The number of hydrogen-bond donors (Lipinski definition) is 0. The molecule has 0 saturated carbocycles. The minimum atomic E-state index is -0.753. The van der Waals surface area contributed by atoms with Gasteiger partial charge in [-0.15, -0.1) is 11.6 Å². The summed E-state index contributed by atoms with van der Waals surface area (Å²) in [6, 6.07) is 9.25. The van der Waals surface area contributed by atoms with Crippen LogP contribution in [0.1, 0.15) is 43.5 Å². The summed E-state index contributed by atoms with van der Waals surface area (Å²) in [6.45, 7) is 3.90. The van der Waals surface area contributed by atoms with Gasteiger partial charge in [-0.2, -0.15) is 0 Å². The maximum atomic E-state index is 12.0. The predicted molar refractivity (Wildman–Crippen MR) is 64.6 cm³/mol. The van der Waals surface area contributed by atoms with Crippen LogP contribution in [-0.4, -0.2) is 10.7 Å². The summed E-state index contributed by atoms with van der Waals surface area (Å²) in [4.78, 5) is 11.3. The Morgan fingerprint density at radius 3 is 2.47 bits per heavy atom. The average molecular weight is 225 g/mol. The molecule has 15 heavy (non-hydrogen) atoms. The van der Waals surface area contributed by atoms with Crippen LogP contribution in [0, 0.1) is 0 Å². The highest BCUT2D eigenvalue weighted by atomic mass is 35.5. The molecular formula is C13H17ClO. The van der Waals surface area contributed by atoms with Gasteiger partial charge in [-0.1, -0.05) is 50.1 Å². The highest BCUT2D eigenvalue weighted by Gasteiger charge is 2.30. The van der Waals surface area contributed by atoms with Crippen LogP contribution in [0.25, 0.3) is 0 Å². The molecule has 1 atom stereocenters. The van der Waals surface area contributed by atoms with Crippen molar-refractivity contribution in [2.75, 3.05) is 0 Å². The van der Waals surface area contributed by atoms with E-state index in [1.54, 1.807) is 6.92 Å². The first-order chi connectivity index (χ1) is 7.08. The van der Waals surface area contributed by atoms with Gasteiger partial charge in [-0.25, -0.2) is 0 Å². The molecule has 1 aromatic carbocycles. The van der Waals surface area contributed by atoms with Gasteiger partial charge in [0.25, 0.3) is 0 Å². The quantitative estimate of drug-likeness (QED) is 0.545. The molecule has 1 aromatic rings. The number of ketones is 1. The van der Waals surface area contributed by atoms with Crippen LogP contribution in [0.3, 0.4) is 0 Å². The molecule has 0 saturated heterocycles. The number of carbonyl (C=O) groups excluding carboxylic acids is 1. The number of rotatable bonds is 5. The number of alkyl halides is 1. The Balaban J connectivity index is 2.75. The first-order valence-corrected chi connectivity index (χ1v) is 5.74. The smallest absolute Gasteiger partial charge is 0.183 e. The first-order valence-electron chi connectivity index (χ1n) is 5.36. The number of Topliss-reactive ketones (excluding diaryl/α,β-unsaturated/α-hetero) is 1. The summed E-state index contributed by atoms with van der Waals surface area (Å²) in [5, 5.41) is 0. The molecular weight excluding hydrogens is 208 g/mol. The Bertz CT molecular complexity index is 317. The van der Waals surface area contributed by atoms with Crippen molar-refractivity contribution in [3.05, 3.63) is 35.9 Å². The minimum Gasteiger partial charge on any atom is -0.292 e. The summed E-state index contributed by atoms with van der Waals surface area (Å²) in [6.07, 6.45) is 2.78. The average Bonchev–Trinajstić information content (AvgIpc) is 2.26. The maximum absolute atomic E-state index is 12.0. The van der Waals surface area contributed by atoms with Gasteiger partial charge in [0.05, 0.1) is 0 Å². The lowest BCUT2D eigenvalue weighted by Crippen LogP contribution is -2.28. The van der Waals surface area contributed by atoms with Gasteiger partial charge in [0.15, 0.2) is 5.78 Å². The summed E-state index contributed by atoms with van der Waals surface area (Å²) >= 11 is 6.25. The van der Waals surface area contributed by atoms with Crippen molar-refractivity contribution in [2.45, 2.75) is 38.0 Å². The van der Waals surface area contributed by atoms with Crippen LogP contribution >= 0.6 is 11.6 Å². The summed E-state index contributed by atoms with van der Waals surface area (Å²) in [7, 11) is 0. The highest BCUT2D eigenvalue weighted by molar-refractivity contribution is 6.37. The molecule has 0 heterocycles. The third-order valence-corrected chi connectivity index (χ3v) is 2.87. The molecule has 2 heteroatoms. The van der Waals surface area contributed by atoms with E-state index in [0.29, 0.717) is 5.56 Å². The molecule has 0 fully saturated rings. The van der Waals surface area contributed by atoms with Gasteiger partial charge >= 0.3 is 0 Å². The molecule has 0 spiro atoms. The Labute approximate surface area is 96.5 Å². The van der Waals surface area contributed by atoms with Crippen molar-refractivity contribution < 1.29 is 4.79 Å². The number of hydrogen-bond acceptors (Lipinski definition) is 1.